The zero-order valence-electron chi connectivity index (χ0n) is 15.8. The van der Waals surface area contributed by atoms with E-state index in [9.17, 15) is 0 Å². The van der Waals surface area contributed by atoms with E-state index in [2.05, 4.69) is 42.1 Å². The van der Waals surface area contributed by atoms with Gasteiger partial charge in [-0.15, -0.1) is 12.4 Å². The van der Waals surface area contributed by atoms with Gasteiger partial charge in [0.1, 0.15) is 6.54 Å². The van der Waals surface area contributed by atoms with Gasteiger partial charge in [0, 0.05) is 18.6 Å². The van der Waals surface area contributed by atoms with E-state index < -0.39 is 0 Å². The molecule has 0 aliphatic rings. The first-order valence-corrected chi connectivity index (χ1v) is 9.87. The molecular formula is C21H41ClNS+. The highest BCUT2D eigenvalue weighted by atomic mass is 35.5. The molecule has 142 valence electrons. The standard InChI is InChI=1S/C21H38N.ClH.H2S/c1-2-3-4-5-6-7-8-9-10-11-12-13-14-16-19-22-20-17-15-18-21-22;;/h15,17-18,20-21H,2-14,16,19H2,1H3;1H;1H2/q+1;;. The fourth-order valence-corrected chi connectivity index (χ4v) is 3.07. The van der Waals surface area contributed by atoms with Crippen molar-refractivity contribution in [2.45, 2.75) is 103 Å². The molecule has 0 spiro atoms. The first kappa shape index (κ1) is 26.0. The van der Waals surface area contributed by atoms with Crippen LogP contribution in [0.25, 0.3) is 0 Å². The van der Waals surface area contributed by atoms with Gasteiger partial charge in [-0.25, -0.2) is 4.57 Å². The quantitative estimate of drug-likeness (QED) is 0.230. The Morgan fingerprint density at radius 3 is 1.33 bits per heavy atom. The predicted octanol–water partition coefficient (Wildman–Crippen LogP) is 6.99. The Labute approximate surface area is 164 Å². The van der Waals surface area contributed by atoms with E-state index in [4.69, 9.17) is 0 Å². The molecule has 1 aromatic rings. The summed E-state index contributed by atoms with van der Waals surface area (Å²) in [5, 5.41) is 0. The average Bonchev–Trinajstić information content (AvgIpc) is 2.56. The molecule has 24 heavy (non-hydrogen) atoms. The molecule has 0 N–H and O–H groups in total. The molecule has 1 nitrogen and oxygen atoms in total. The number of aromatic nitrogens is 1. The van der Waals surface area contributed by atoms with Crippen molar-refractivity contribution in [2.24, 2.45) is 0 Å². The number of hydrogen-bond donors (Lipinski definition) is 0. The highest BCUT2D eigenvalue weighted by molar-refractivity contribution is 7.59. The van der Waals surface area contributed by atoms with Crippen LogP contribution in [0, 0.1) is 0 Å². The van der Waals surface area contributed by atoms with Crippen LogP contribution in [-0.2, 0) is 6.54 Å². The summed E-state index contributed by atoms with van der Waals surface area (Å²) in [6, 6.07) is 6.31. The van der Waals surface area contributed by atoms with Gasteiger partial charge in [-0.05, 0) is 6.42 Å². The van der Waals surface area contributed by atoms with Crippen LogP contribution in [0.2, 0.25) is 0 Å². The van der Waals surface area contributed by atoms with E-state index in [1.165, 1.54) is 96.4 Å². The zero-order chi connectivity index (χ0) is 15.7. The number of aryl methyl sites for hydroxylation is 1. The van der Waals surface area contributed by atoms with Crippen molar-refractivity contribution >= 4 is 25.9 Å². The largest absolute Gasteiger partial charge is 0.205 e. The molecule has 0 atom stereocenters. The molecule has 0 amide bonds. The highest BCUT2D eigenvalue weighted by Gasteiger charge is 1.98. The van der Waals surface area contributed by atoms with E-state index in [0.29, 0.717) is 0 Å². The lowest BCUT2D eigenvalue weighted by atomic mass is 10.0. The third kappa shape index (κ3) is 16.6. The molecule has 3 heteroatoms. The van der Waals surface area contributed by atoms with Crippen LogP contribution < -0.4 is 4.57 Å². The lowest BCUT2D eigenvalue weighted by Crippen LogP contribution is -2.32. The third-order valence-corrected chi connectivity index (χ3v) is 4.55. The molecule has 0 saturated carbocycles. The highest BCUT2D eigenvalue weighted by Crippen LogP contribution is 2.12. The summed E-state index contributed by atoms with van der Waals surface area (Å²) in [7, 11) is 0. The molecule has 1 heterocycles. The molecule has 0 radical (unpaired) electrons. The van der Waals surface area contributed by atoms with Crippen molar-refractivity contribution in [1.82, 2.24) is 0 Å². The van der Waals surface area contributed by atoms with Crippen molar-refractivity contribution in [3.05, 3.63) is 30.6 Å². The molecule has 0 aliphatic heterocycles. The Morgan fingerprint density at radius 2 is 0.917 bits per heavy atom. The van der Waals surface area contributed by atoms with Crippen LogP contribution in [0.1, 0.15) is 96.8 Å². The molecule has 0 aliphatic carbocycles. The van der Waals surface area contributed by atoms with Crippen LogP contribution >= 0.6 is 25.9 Å². The molecule has 0 saturated heterocycles. The number of nitrogens with zero attached hydrogens (tertiary/aromatic N) is 1. The summed E-state index contributed by atoms with van der Waals surface area (Å²) >= 11 is 0. The number of rotatable bonds is 15. The van der Waals surface area contributed by atoms with Crippen molar-refractivity contribution in [2.75, 3.05) is 0 Å². The van der Waals surface area contributed by atoms with Crippen LogP contribution in [0.5, 0.6) is 0 Å². The van der Waals surface area contributed by atoms with Gasteiger partial charge in [0.25, 0.3) is 0 Å². The zero-order valence-corrected chi connectivity index (χ0v) is 17.7. The lowest BCUT2D eigenvalue weighted by Gasteiger charge is -2.02. The maximum absolute atomic E-state index is 2.29. The van der Waals surface area contributed by atoms with Crippen LogP contribution in [-0.4, -0.2) is 0 Å². The van der Waals surface area contributed by atoms with Gasteiger partial charge in [0.05, 0.1) is 0 Å². The second-order valence-corrected chi connectivity index (χ2v) is 6.71. The summed E-state index contributed by atoms with van der Waals surface area (Å²) in [5.41, 5.74) is 0. The third-order valence-electron chi connectivity index (χ3n) is 4.55. The van der Waals surface area contributed by atoms with Gasteiger partial charge in [0.15, 0.2) is 12.4 Å². The van der Waals surface area contributed by atoms with E-state index in [1.54, 1.807) is 0 Å². The fraction of sp³-hybridized carbons (Fsp3) is 0.762. The normalized spacial score (nSPS) is 10.0. The Kier molecular flexibility index (Phi) is 22.6. The Bertz CT molecular complexity index is 332. The van der Waals surface area contributed by atoms with Gasteiger partial charge in [-0.1, -0.05) is 90.0 Å². The first-order valence-electron chi connectivity index (χ1n) is 9.87. The van der Waals surface area contributed by atoms with Crippen molar-refractivity contribution in [3.63, 3.8) is 0 Å². The van der Waals surface area contributed by atoms with E-state index in [-0.39, 0.29) is 25.9 Å². The van der Waals surface area contributed by atoms with E-state index in [0.717, 1.165) is 0 Å². The van der Waals surface area contributed by atoms with Gasteiger partial charge in [-0.2, -0.15) is 13.5 Å². The summed E-state index contributed by atoms with van der Waals surface area (Å²) < 4.78 is 2.29. The minimum absolute atomic E-state index is 0. The summed E-state index contributed by atoms with van der Waals surface area (Å²) in [6.45, 7) is 3.47. The second-order valence-electron chi connectivity index (χ2n) is 6.71. The summed E-state index contributed by atoms with van der Waals surface area (Å²) in [5.74, 6) is 0. The average molecular weight is 375 g/mol. The Morgan fingerprint density at radius 1 is 0.542 bits per heavy atom. The maximum Gasteiger partial charge on any atom is 0.168 e. The first-order chi connectivity index (χ1) is 10.9. The van der Waals surface area contributed by atoms with Gasteiger partial charge < -0.3 is 0 Å². The molecule has 0 aromatic carbocycles. The number of hydrogen-bond acceptors (Lipinski definition) is 0. The van der Waals surface area contributed by atoms with E-state index in [1.807, 2.05) is 0 Å². The topological polar surface area (TPSA) is 3.88 Å². The van der Waals surface area contributed by atoms with Gasteiger partial charge in [0.2, 0.25) is 0 Å². The second kappa shape index (κ2) is 20.8. The van der Waals surface area contributed by atoms with E-state index >= 15 is 0 Å². The number of pyridine rings is 1. The summed E-state index contributed by atoms with van der Waals surface area (Å²) in [6.07, 6.45) is 24.4. The summed E-state index contributed by atoms with van der Waals surface area (Å²) in [4.78, 5) is 0. The number of unbranched alkanes of at least 4 members (excludes halogenated alkanes) is 13. The Balaban J connectivity index is 0. The van der Waals surface area contributed by atoms with Crippen LogP contribution in [0.15, 0.2) is 30.6 Å². The molecule has 0 unspecified atom stereocenters. The minimum Gasteiger partial charge on any atom is -0.205 e. The van der Waals surface area contributed by atoms with Crippen molar-refractivity contribution < 1.29 is 4.57 Å². The minimum atomic E-state index is 0. The van der Waals surface area contributed by atoms with Gasteiger partial charge >= 0.3 is 0 Å². The van der Waals surface area contributed by atoms with Crippen LogP contribution in [0.4, 0.5) is 0 Å². The monoisotopic (exact) mass is 374 g/mol. The molecule has 0 bridgehead atoms. The molecule has 1 aromatic heterocycles. The SMILES string of the molecule is CCCCCCCCCCCCCCCC[n+]1ccccc1.Cl.S. The van der Waals surface area contributed by atoms with Crippen molar-refractivity contribution in [3.8, 4) is 0 Å². The number of halogens is 1. The lowest BCUT2D eigenvalue weighted by molar-refractivity contribution is -0.697. The van der Waals surface area contributed by atoms with Gasteiger partial charge in [-0.3, -0.25) is 0 Å². The van der Waals surface area contributed by atoms with Crippen LogP contribution in [0.3, 0.4) is 0 Å². The molecular weight excluding hydrogens is 334 g/mol. The molecule has 1 rings (SSSR count). The van der Waals surface area contributed by atoms with Crippen molar-refractivity contribution in [1.29, 1.82) is 0 Å². The Hall–Kier alpha value is -0.210. The smallest absolute Gasteiger partial charge is 0.168 e. The fourth-order valence-electron chi connectivity index (χ4n) is 3.07. The maximum atomic E-state index is 2.29. The molecule has 0 fully saturated rings. The predicted molar refractivity (Wildman–Crippen MR) is 115 cm³/mol.